The zero-order valence-electron chi connectivity index (χ0n) is 20.0. The highest BCUT2D eigenvalue weighted by atomic mass is 79.9. The quantitative estimate of drug-likeness (QED) is 0.175. The zero-order chi connectivity index (χ0) is 27.0. The van der Waals surface area contributed by atoms with Gasteiger partial charge in [0.05, 0.1) is 16.8 Å². The lowest BCUT2D eigenvalue weighted by Gasteiger charge is -2.23. The fourth-order valence-corrected chi connectivity index (χ4v) is 5.31. The number of carbonyl (C=O) groups is 1. The molecule has 1 amide bonds. The topological polar surface area (TPSA) is 88.1 Å². The van der Waals surface area contributed by atoms with Crippen LogP contribution < -0.4 is 14.5 Å². The molecule has 0 aromatic heterocycles. The Hall–Kier alpha value is -3.66. The lowest BCUT2D eigenvalue weighted by Crippen LogP contribution is -2.39. The maximum absolute atomic E-state index is 13.3. The monoisotopic (exact) mass is 611 g/mol. The molecule has 194 valence electrons. The van der Waals surface area contributed by atoms with E-state index in [4.69, 9.17) is 16.3 Å². The van der Waals surface area contributed by atoms with Crippen molar-refractivity contribution < 1.29 is 17.9 Å². The van der Waals surface area contributed by atoms with Crippen molar-refractivity contribution in [3.05, 3.63) is 124 Å². The van der Waals surface area contributed by atoms with Gasteiger partial charge in [-0.15, -0.1) is 0 Å². The van der Waals surface area contributed by atoms with Gasteiger partial charge in [-0.3, -0.25) is 9.10 Å². The van der Waals surface area contributed by atoms with Crippen LogP contribution in [0.3, 0.4) is 0 Å². The van der Waals surface area contributed by atoms with E-state index in [0.717, 1.165) is 19.9 Å². The lowest BCUT2D eigenvalue weighted by atomic mass is 10.2. The van der Waals surface area contributed by atoms with Gasteiger partial charge in [0, 0.05) is 15.1 Å². The van der Waals surface area contributed by atoms with E-state index in [1.807, 2.05) is 24.3 Å². The number of anilines is 1. The summed E-state index contributed by atoms with van der Waals surface area (Å²) in [5.74, 6) is 0.0609. The van der Waals surface area contributed by atoms with Gasteiger partial charge in [-0.1, -0.05) is 63.9 Å². The van der Waals surface area contributed by atoms with Crippen LogP contribution in [0.2, 0.25) is 5.02 Å². The second kappa shape index (κ2) is 12.7. The molecule has 0 atom stereocenters. The van der Waals surface area contributed by atoms with Crippen molar-refractivity contribution >= 4 is 55.4 Å². The summed E-state index contributed by atoms with van der Waals surface area (Å²) in [4.78, 5) is 12.8. The molecule has 0 radical (unpaired) electrons. The maximum Gasteiger partial charge on any atom is 0.264 e. The van der Waals surface area contributed by atoms with Gasteiger partial charge in [-0.2, -0.15) is 5.10 Å². The third-order valence-electron chi connectivity index (χ3n) is 5.37. The Labute approximate surface area is 234 Å². The molecule has 0 aliphatic rings. The highest BCUT2D eigenvalue weighted by Crippen LogP contribution is 2.25. The van der Waals surface area contributed by atoms with Crippen molar-refractivity contribution in [3.8, 4) is 5.75 Å². The number of halogens is 2. The first kappa shape index (κ1) is 27.4. The fourth-order valence-electron chi connectivity index (χ4n) is 3.41. The van der Waals surface area contributed by atoms with Crippen molar-refractivity contribution in [2.75, 3.05) is 10.8 Å². The Balaban J connectivity index is 1.39. The number of rotatable bonds is 10. The van der Waals surface area contributed by atoms with Gasteiger partial charge in [-0.25, -0.2) is 13.8 Å². The number of nitrogens with zero attached hydrogens (tertiary/aromatic N) is 2. The first-order valence-corrected chi connectivity index (χ1v) is 14.1. The molecular weight excluding hydrogens is 590 g/mol. The normalized spacial score (nSPS) is 11.3. The molecule has 0 saturated carbocycles. The second-order valence-corrected chi connectivity index (χ2v) is 11.2. The van der Waals surface area contributed by atoms with E-state index < -0.39 is 22.5 Å². The molecule has 0 saturated heterocycles. The molecule has 0 aliphatic heterocycles. The summed E-state index contributed by atoms with van der Waals surface area (Å²) in [6.45, 7) is -0.116. The van der Waals surface area contributed by atoms with Crippen LogP contribution >= 0.6 is 27.5 Å². The second-order valence-electron chi connectivity index (χ2n) is 8.04. The SMILES string of the molecule is O=C(CN(c1ccc(Br)cc1)S(=O)(=O)c1ccccc1)N/N=C\c1ccc(OCc2ccccc2Cl)cc1. The third kappa shape index (κ3) is 7.22. The molecule has 0 heterocycles. The van der Waals surface area contributed by atoms with E-state index in [1.54, 1.807) is 66.7 Å². The molecule has 4 aromatic rings. The van der Waals surface area contributed by atoms with Crippen LogP contribution in [-0.2, 0) is 21.4 Å². The van der Waals surface area contributed by atoms with Gasteiger partial charge >= 0.3 is 0 Å². The van der Waals surface area contributed by atoms with E-state index in [2.05, 4.69) is 26.5 Å². The van der Waals surface area contributed by atoms with Crippen molar-refractivity contribution in [2.45, 2.75) is 11.5 Å². The zero-order valence-corrected chi connectivity index (χ0v) is 23.2. The first-order valence-electron chi connectivity index (χ1n) is 11.4. The van der Waals surface area contributed by atoms with Crippen LogP contribution in [0.1, 0.15) is 11.1 Å². The molecule has 38 heavy (non-hydrogen) atoms. The van der Waals surface area contributed by atoms with Crippen LogP contribution in [0, 0.1) is 0 Å². The van der Waals surface area contributed by atoms with Gasteiger partial charge in [0.1, 0.15) is 18.9 Å². The number of ether oxygens (including phenoxy) is 1. The van der Waals surface area contributed by atoms with Crippen LogP contribution in [0.15, 0.2) is 118 Å². The summed E-state index contributed by atoms with van der Waals surface area (Å²) in [6, 6.07) is 29.2. The predicted molar refractivity (Wildman–Crippen MR) is 153 cm³/mol. The Bertz CT molecular complexity index is 1510. The largest absolute Gasteiger partial charge is 0.489 e. The number of hydrogen-bond acceptors (Lipinski definition) is 5. The maximum atomic E-state index is 13.3. The summed E-state index contributed by atoms with van der Waals surface area (Å²) >= 11 is 9.50. The first-order chi connectivity index (χ1) is 18.3. The number of amides is 1. The number of hydrogen-bond donors (Lipinski definition) is 1. The van der Waals surface area contributed by atoms with Gasteiger partial charge in [0.15, 0.2) is 0 Å². The smallest absolute Gasteiger partial charge is 0.264 e. The molecule has 4 aromatic carbocycles. The lowest BCUT2D eigenvalue weighted by molar-refractivity contribution is -0.119. The minimum atomic E-state index is -3.99. The molecule has 7 nitrogen and oxygen atoms in total. The molecule has 10 heteroatoms. The number of hydrazone groups is 1. The third-order valence-corrected chi connectivity index (χ3v) is 8.05. The Morgan fingerprint density at radius 1 is 0.921 bits per heavy atom. The minimum absolute atomic E-state index is 0.0797. The Morgan fingerprint density at radius 3 is 2.26 bits per heavy atom. The standard InChI is InChI=1S/C28H23BrClN3O4S/c29-23-12-14-24(15-13-23)33(38(35,36)26-7-2-1-3-8-26)19-28(34)32-31-18-21-10-16-25(17-11-21)37-20-22-6-4-5-9-27(22)30/h1-18H,19-20H2,(H,32,34)/b31-18-. The van der Waals surface area contributed by atoms with Crippen LogP contribution in [0.5, 0.6) is 5.75 Å². The summed E-state index contributed by atoms with van der Waals surface area (Å²) in [5, 5.41) is 4.62. The summed E-state index contributed by atoms with van der Waals surface area (Å²) < 4.78 is 34.2. The van der Waals surface area contributed by atoms with Gasteiger partial charge in [0.2, 0.25) is 0 Å². The average Bonchev–Trinajstić information content (AvgIpc) is 2.93. The molecule has 0 unspecified atom stereocenters. The van der Waals surface area contributed by atoms with Crippen LogP contribution in [0.25, 0.3) is 0 Å². The molecule has 0 bridgehead atoms. The molecule has 4 rings (SSSR count). The Kier molecular flexibility index (Phi) is 9.17. The van der Waals surface area contributed by atoms with Gasteiger partial charge in [-0.05, 0) is 72.3 Å². The van der Waals surface area contributed by atoms with Gasteiger partial charge < -0.3 is 4.74 Å². The van der Waals surface area contributed by atoms with Crippen molar-refractivity contribution in [1.82, 2.24) is 5.43 Å². The highest BCUT2D eigenvalue weighted by Gasteiger charge is 2.27. The van der Waals surface area contributed by atoms with Crippen LogP contribution in [0.4, 0.5) is 5.69 Å². The number of benzene rings is 4. The summed E-state index contributed by atoms with van der Waals surface area (Å²) in [6.07, 6.45) is 1.46. The summed E-state index contributed by atoms with van der Waals surface area (Å²) in [5.41, 5.74) is 4.36. The highest BCUT2D eigenvalue weighted by molar-refractivity contribution is 9.10. The van der Waals surface area contributed by atoms with Crippen molar-refractivity contribution in [1.29, 1.82) is 0 Å². The molecular formula is C28H23BrClN3O4S. The van der Waals surface area contributed by atoms with E-state index in [9.17, 15) is 13.2 Å². The Morgan fingerprint density at radius 2 is 1.58 bits per heavy atom. The fraction of sp³-hybridized carbons (Fsp3) is 0.0714. The van der Waals surface area contributed by atoms with Crippen molar-refractivity contribution in [3.63, 3.8) is 0 Å². The molecule has 0 spiro atoms. The number of nitrogens with one attached hydrogen (secondary N) is 1. The minimum Gasteiger partial charge on any atom is -0.489 e. The van der Waals surface area contributed by atoms with E-state index >= 15 is 0 Å². The predicted octanol–water partition coefficient (Wildman–Crippen LogP) is 6.03. The van der Waals surface area contributed by atoms with Crippen molar-refractivity contribution in [2.24, 2.45) is 5.10 Å². The molecule has 0 aliphatic carbocycles. The van der Waals surface area contributed by atoms with E-state index in [-0.39, 0.29) is 4.90 Å². The van der Waals surface area contributed by atoms with E-state index in [0.29, 0.717) is 23.1 Å². The summed E-state index contributed by atoms with van der Waals surface area (Å²) in [7, 11) is -3.99. The van der Waals surface area contributed by atoms with Gasteiger partial charge in [0.25, 0.3) is 15.9 Å². The van der Waals surface area contributed by atoms with Crippen LogP contribution in [-0.4, -0.2) is 27.1 Å². The number of carbonyl (C=O) groups excluding carboxylic acids is 1. The van der Waals surface area contributed by atoms with E-state index in [1.165, 1.54) is 18.3 Å². The molecule has 0 fully saturated rings. The average molecular weight is 613 g/mol. The number of sulfonamides is 1. The molecule has 1 N–H and O–H groups in total.